The van der Waals surface area contributed by atoms with E-state index in [1.807, 2.05) is 32.0 Å². The fourth-order valence-electron chi connectivity index (χ4n) is 2.60. The molecule has 0 spiro atoms. The number of anilines is 1. The Morgan fingerprint density at radius 1 is 1.21 bits per heavy atom. The number of hydrogen-bond donors (Lipinski definition) is 1. The van der Waals surface area contributed by atoms with Crippen molar-refractivity contribution in [2.45, 2.75) is 51.6 Å². The minimum Gasteiger partial charge on any atom is -0.449 e. The highest BCUT2D eigenvalue weighted by Gasteiger charge is 2.31. The molecule has 3 rings (SSSR count). The van der Waals surface area contributed by atoms with Gasteiger partial charge in [-0.15, -0.1) is 0 Å². The third-order valence-corrected chi connectivity index (χ3v) is 3.51. The zero-order valence-corrected chi connectivity index (χ0v) is 11.7. The van der Waals surface area contributed by atoms with Gasteiger partial charge >= 0.3 is 0 Å². The maximum Gasteiger partial charge on any atom is 0.246 e. The molecular formula is C15H21NO3. The summed E-state index contributed by atoms with van der Waals surface area (Å²) in [5.74, 6) is 1.04. The van der Waals surface area contributed by atoms with Gasteiger partial charge in [0.25, 0.3) is 0 Å². The molecule has 1 saturated heterocycles. The van der Waals surface area contributed by atoms with E-state index in [9.17, 15) is 0 Å². The van der Waals surface area contributed by atoms with Gasteiger partial charge in [-0.05, 0) is 31.9 Å². The van der Waals surface area contributed by atoms with Crippen molar-refractivity contribution in [3.63, 3.8) is 0 Å². The Balaban J connectivity index is 1.61. The third-order valence-electron chi connectivity index (χ3n) is 3.51. The summed E-state index contributed by atoms with van der Waals surface area (Å²) >= 11 is 0. The Morgan fingerprint density at radius 2 is 2.00 bits per heavy atom. The summed E-state index contributed by atoms with van der Waals surface area (Å²) in [5, 5.41) is 3.40. The molecule has 2 atom stereocenters. The molecule has 4 heteroatoms. The molecule has 1 aromatic rings. The summed E-state index contributed by atoms with van der Waals surface area (Å²) < 4.78 is 17.2. The van der Waals surface area contributed by atoms with E-state index in [0.29, 0.717) is 12.2 Å². The largest absolute Gasteiger partial charge is 0.449 e. The maximum absolute atomic E-state index is 5.79. The first-order valence-electron chi connectivity index (χ1n) is 6.93. The van der Waals surface area contributed by atoms with Crippen molar-refractivity contribution in [2.24, 2.45) is 0 Å². The van der Waals surface area contributed by atoms with Gasteiger partial charge in [0.2, 0.25) is 5.79 Å². The molecule has 0 radical (unpaired) electrons. The van der Waals surface area contributed by atoms with Crippen LogP contribution >= 0.6 is 0 Å². The quantitative estimate of drug-likeness (QED) is 0.909. The Hall–Kier alpha value is -1.42. The number of benzene rings is 1. The molecule has 104 valence electrons. The van der Waals surface area contributed by atoms with Crippen molar-refractivity contribution in [3.8, 4) is 11.5 Å². The number of nitrogens with one attached hydrogen (secondary N) is 1. The van der Waals surface area contributed by atoms with E-state index >= 15 is 0 Å². The molecule has 19 heavy (non-hydrogen) atoms. The Kier molecular flexibility index (Phi) is 3.05. The van der Waals surface area contributed by atoms with Gasteiger partial charge < -0.3 is 19.5 Å². The molecule has 0 amide bonds. The van der Waals surface area contributed by atoms with Crippen LogP contribution in [0.15, 0.2) is 18.2 Å². The number of rotatable bonds is 3. The lowest BCUT2D eigenvalue weighted by atomic mass is 10.2. The molecule has 1 aromatic carbocycles. The first-order valence-corrected chi connectivity index (χ1v) is 6.93. The van der Waals surface area contributed by atoms with Gasteiger partial charge in [0, 0.05) is 32.1 Å². The molecule has 1 N–H and O–H groups in total. The number of ether oxygens (including phenoxy) is 3. The minimum absolute atomic E-state index is 0.317. The summed E-state index contributed by atoms with van der Waals surface area (Å²) in [6.45, 7) is 6.79. The predicted octanol–water partition coefficient (Wildman–Crippen LogP) is 3.17. The summed E-state index contributed by atoms with van der Waals surface area (Å²) in [5.41, 5.74) is 1.04. The SMILES string of the molecule is CC1CCC(CNc2ccc3c(c2)OC(C)(C)O3)O1. The average Bonchev–Trinajstić information content (AvgIpc) is 2.87. The zero-order valence-electron chi connectivity index (χ0n) is 11.7. The lowest BCUT2D eigenvalue weighted by Crippen LogP contribution is -2.29. The van der Waals surface area contributed by atoms with Crippen LogP contribution in [0.25, 0.3) is 0 Å². The fraction of sp³-hybridized carbons (Fsp3) is 0.600. The summed E-state index contributed by atoms with van der Waals surface area (Å²) in [4.78, 5) is 0. The second-order valence-corrected chi connectivity index (χ2v) is 5.79. The second-order valence-electron chi connectivity index (χ2n) is 5.79. The van der Waals surface area contributed by atoms with Crippen LogP contribution in [0.5, 0.6) is 11.5 Å². The third kappa shape index (κ3) is 2.78. The van der Waals surface area contributed by atoms with E-state index in [0.717, 1.165) is 36.6 Å². The van der Waals surface area contributed by atoms with Gasteiger partial charge in [0.1, 0.15) is 0 Å². The molecule has 2 aliphatic heterocycles. The highest BCUT2D eigenvalue weighted by atomic mass is 16.7. The first-order chi connectivity index (χ1) is 9.02. The van der Waals surface area contributed by atoms with E-state index in [1.54, 1.807) is 0 Å². The standard InChI is InChI=1S/C15H21NO3/c1-10-4-6-12(17-10)9-16-11-5-7-13-14(8-11)19-15(2,3)18-13/h5,7-8,10,12,16H,4,6,9H2,1-3H3. The molecule has 2 heterocycles. The van der Waals surface area contributed by atoms with Gasteiger partial charge in [0.15, 0.2) is 11.5 Å². The molecule has 0 aromatic heterocycles. The van der Waals surface area contributed by atoms with E-state index in [1.165, 1.54) is 0 Å². The molecule has 0 saturated carbocycles. The molecule has 0 bridgehead atoms. The summed E-state index contributed by atoms with van der Waals surface area (Å²) in [6.07, 6.45) is 2.99. The number of hydrogen-bond acceptors (Lipinski definition) is 4. The fourth-order valence-corrected chi connectivity index (χ4v) is 2.60. The van der Waals surface area contributed by atoms with Gasteiger partial charge in [0.05, 0.1) is 12.2 Å². The highest BCUT2D eigenvalue weighted by Crippen LogP contribution is 2.40. The minimum atomic E-state index is -0.565. The van der Waals surface area contributed by atoms with Crippen LogP contribution in [0.2, 0.25) is 0 Å². The smallest absolute Gasteiger partial charge is 0.246 e. The van der Waals surface area contributed by atoms with Crippen LogP contribution in [0.4, 0.5) is 5.69 Å². The van der Waals surface area contributed by atoms with Gasteiger partial charge in [-0.25, -0.2) is 0 Å². The second kappa shape index (κ2) is 4.60. The van der Waals surface area contributed by atoms with E-state index < -0.39 is 5.79 Å². The van der Waals surface area contributed by atoms with Crippen LogP contribution in [-0.2, 0) is 4.74 Å². The average molecular weight is 263 g/mol. The predicted molar refractivity (Wildman–Crippen MR) is 73.8 cm³/mol. The van der Waals surface area contributed by atoms with Crippen molar-refractivity contribution in [3.05, 3.63) is 18.2 Å². The molecule has 0 aliphatic carbocycles. The van der Waals surface area contributed by atoms with Crippen LogP contribution in [0, 0.1) is 0 Å². The molecular weight excluding hydrogens is 242 g/mol. The topological polar surface area (TPSA) is 39.7 Å². The molecule has 4 nitrogen and oxygen atoms in total. The molecule has 2 unspecified atom stereocenters. The van der Waals surface area contributed by atoms with Crippen LogP contribution in [-0.4, -0.2) is 24.5 Å². The highest BCUT2D eigenvalue weighted by molar-refractivity contribution is 5.56. The van der Waals surface area contributed by atoms with Gasteiger partial charge in [-0.2, -0.15) is 0 Å². The van der Waals surface area contributed by atoms with E-state index in [-0.39, 0.29) is 0 Å². The normalized spacial score (nSPS) is 27.5. The number of fused-ring (bicyclic) bond motifs is 1. The zero-order chi connectivity index (χ0) is 13.5. The van der Waals surface area contributed by atoms with Crippen LogP contribution in [0.1, 0.15) is 33.6 Å². The summed E-state index contributed by atoms with van der Waals surface area (Å²) in [7, 11) is 0. The molecule has 2 aliphatic rings. The van der Waals surface area contributed by atoms with Crippen molar-refractivity contribution < 1.29 is 14.2 Å². The lowest BCUT2D eigenvalue weighted by molar-refractivity contribution is -0.0431. The van der Waals surface area contributed by atoms with Gasteiger partial charge in [-0.3, -0.25) is 0 Å². The first kappa shape index (κ1) is 12.6. The van der Waals surface area contributed by atoms with Gasteiger partial charge in [-0.1, -0.05) is 0 Å². The van der Waals surface area contributed by atoms with Crippen LogP contribution in [0.3, 0.4) is 0 Å². The Morgan fingerprint density at radius 3 is 2.74 bits per heavy atom. The Bertz CT molecular complexity index is 472. The van der Waals surface area contributed by atoms with Crippen molar-refractivity contribution in [1.82, 2.24) is 0 Å². The monoisotopic (exact) mass is 263 g/mol. The van der Waals surface area contributed by atoms with Crippen molar-refractivity contribution in [1.29, 1.82) is 0 Å². The van der Waals surface area contributed by atoms with E-state index in [2.05, 4.69) is 12.2 Å². The summed E-state index contributed by atoms with van der Waals surface area (Å²) in [6, 6.07) is 5.95. The lowest BCUT2D eigenvalue weighted by Gasteiger charge is -2.16. The van der Waals surface area contributed by atoms with Crippen molar-refractivity contribution >= 4 is 5.69 Å². The molecule has 1 fully saturated rings. The van der Waals surface area contributed by atoms with Crippen LogP contribution < -0.4 is 14.8 Å². The van der Waals surface area contributed by atoms with Crippen molar-refractivity contribution in [2.75, 3.05) is 11.9 Å². The van der Waals surface area contributed by atoms with E-state index in [4.69, 9.17) is 14.2 Å². The Labute approximate surface area is 114 Å². The maximum atomic E-state index is 5.79.